The van der Waals surface area contributed by atoms with E-state index in [2.05, 4.69) is 23.8 Å². The van der Waals surface area contributed by atoms with Crippen LogP contribution >= 0.6 is 0 Å². The van der Waals surface area contributed by atoms with Crippen molar-refractivity contribution in [3.05, 3.63) is 23.7 Å². The molecule has 0 aromatic carbocycles. The molecule has 2 aromatic rings. The Kier molecular flexibility index (Phi) is 2.83. The Hall–Kier alpha value is -1.91. The van der Waals surface area contributed by atoms with Gasteiger partial charge >= 0.3 is 5.97 Å². The predicted molar refractivity (Wildman–Crippen MR) is 64.3 cm³/mol. The Morgan fingerprint density at radius 1 is 1.53 bits per heavy atom. The molecule has 0 bridgehead atoms. The summed E-state index contributed by atoms with van der Waals surface area (Å²) in [5.41, 5.74) is 1.57. The number of carbonyl (C=O) groups is 1. The topological polar surface area (TPSA) is 68.0 Å². The van der Waals surface area contributed by atoms with Gasteiger partial charge in [0.05, 0.1) is 5.56 Å². The van der Waals surface area contributed by atoms with Crippen LogP contribution < -0.4 is 0 Å². The quantitative estimate of drug-likeness (QED) is 0.883. The summed E-state index contributed by atoms with van der Waals surface area (Å²) >= 11 is 0. The SMILES string of the molecule is CCn1c(C(C)C)nc2cc(C(=O)O)cnc21. The number of imidazole rings is 1. The smallest absolute Gasteiger partial charge is 0.337 e. The molecule has 0 aliphatic carbocycles. The Morgan fingerprint density at radius 2 is 2.24 bits per heavy atom. The lowest BCUT2D eigenvalue weighted by Gasteiger charge is -2.07. The second-order valence-corrected chi connectivity index (χ2v) is 4.24. The average molecular weight is 233 g/mol. The molecule has 0 aliphatic rings. The lowest BCUT2D eigenvalue weighted by molar-refractivity contribution is 0.0696. The molecule has 0 saturated carbocycles. The van der Waals surface area contributed by atoms with Gasteiger partial charge in [-0.15, -0.1) is 0 Å². The second-order valence-electron chi connectivity index (χ2n) is 4.24. The average Bonchev–Trinajstić information content (AvgIpc) is 2.66. The number of carboxylic acids is 1. The summed E-state index contributed by atoms with van der Waals surface area (Å²) in [4.78, 5) is 19.5. The zero-order chi connectivity index (χ0) is 12.6. The molecule has 5 heteroatoms. The van der Waals surface area contributed by atoms with Gasteiger partial charge in [-0.05, 0) is 13.0 Å². The first kappa shape index (κ1) is 11.6. The van der Waals surface area contributed by atoms with Crippen molar-refractivity contribution in [2.45, 2.75) is 33.2 Å². The number of carboxylic acid groups (broad SMARTS) is 1. The molecular weight excluding hydrogens is 218 g/mol. The molecule has 0 radical (unpaired) electrons. The molecule has 0 amide bonds. The lowest BCUT2D eigenvalue weighted by atomic mass is 10.2. The highest BCUT2D eigenvalue weighted by Gasteiger charge is 2.15. The summed E-state index contributed by atoms with van der Waals surface area (Å²) in [5, 5.41) is 8.91. The molecule has 0 aliphatic heterocycles. The fraction of sp³-hybridized carbons (Fsp3) is 0.417. The number of nitrogens with zero attached hydrogens (tertiary/aromatic N) is 3. The van der Waals surface area contributed by atoms with E-state index >= 15 is 0 Å². The first-order chi connectivity index (χ1) is 8.04. The van der Waals surface area contributed by atoms with Gasteiger partial charge in [0.25, 0.3) is 0 Å². The van der Waals surface area contributed by atoms with Crippen LogP contribution in [0.15, 0.2) is 12.3 Å². The monoisotopic (exact) mass is 233 g/mol. The molecule has 2 aromatic heterocycles. The third-order valence-electron chi connectivity index (χ3n) is 2.69. The number of aryl methyl sites for hydroxylation is 1. The zero-order valence-electron chi connectivity index (χ0n) is 10.1. The highest BCUT2D eigenvalue weighted by Crippen LogP contribution is 2.20. The van der Waals surface area contributed by atoms with E-state index < -0.39 is 5.97 Å². The standard InChI is InChI=1S/C12H15N3O2/c1-4-15-10(7(2)3)14-9-5-8(12(16)17)6-13-11(9)15/h5-7H,4H2,1-3H3,(H,16,17). The van der Waals surface area contributed by atoms with Crippen LogP contribution in [-0.2, 0) is 6.54 Å². The van der Waals surface area contributed by atoms with Crippen molar-refractivity contribution in [3.8, 4) is 0 Å². The number of pyridine rings is 1. The molecule has 17 heavy (non-hydrogen) atoms. The normalized spacial score (nSPS) is 11.3. The molecule has 1 N–H and O–H groups in total. The van der Waals surface area contributed by atoms with Crippen molar-refractivity contribution >= 4 is 17.1 Å². The lowest BCUT2D eigenvalue weighted by Crippen LogP contribution is -2.04. The summed E-state index contributed by atoms with van der Waals surface area (Å²) in [7, 11) is 0. The van der Waals surface area contributed by atoms with Crippen molar-refractivity contribution in [1.29, 1.82) is 0 Å². The molecule has 0 fully saturated rings. The molecule has 0 atom stereocenters. The van der Waals surface area contributed by atoms with Crippen LogP contribution in [0.5, 0.6) is 0 Å². The highest BCUT2D eigenvalue weighted by molar-refractivity contribution is 5.90. The van der Waals surface area contributed by atoms with Gasteiger partial charge < -0.3 is 9.67 Å². The van der Waals surface area contributed by atoms with E-state index in [0.29, 0.717) is 5.52 Å². The summed E-state index contributed by atoms with van der Waals surface area (Å²) in [6, 6.07) is 1.57. The van der Waals surface area contributed by atoms with E-state index in [1.807, 2.05) is 11.5 Å². The van der Waals surface area contributed by atoms with Crippen LogP contribution in [0.3, 0.4) is 0 Å². The maximum absolute atomic E-state index is 10.9. The molecule has 90 valence electrons. The van der Waals surface area contributed by atoms with Gasteiger partial charge in [0, 0.05) is 18.7 Å². The Bertz CT molecular complexity index is 572. The first-order valence-corrected chi connectivity index (χ1v) is 5.64. The Balaban J connectivity index is 2.68. The minimum absolute atomic E-state index is 0.175. The van der Waals surface area contributed by atoms with Crippen LogP contribution in [0.2, 0.25) is 0 Å². The largest absolute Gasteiger partial charge is 0.478 e. The number of aromatic nitrogens is 3. The van der Waals surface area contributed by atoms with Gasteiger partial charge in [0.15, 0.2) is 5.65 Å². The fourth-order valence-corrected chi connectivity index (χ4v) is 1.90. The predicted octanol–water partition coefficient (Wildman–Crippen LogP) is 2.27. The summed E-state index contributed by atoms with van der Waals surface area (Å²) < 4.78 is 2.02. The van der Waals surface area contributed by atoms with E-state index in [1.54, 1.807) is 6.07 Å². The van der Waals surface area contributed by atoms with Gasteiger partial charge in [0.1, 0.15) is 11.3 Å². The molecule has 0 unspecified atom stereocenters. The van der Waals surface area contributed by atoms with E-state index in [-0.39, 0.29) is 11.5 Å². The van der Waals surface area contributed by atoms with Crippen molar-refractivity contribution in [2.24, 2.45) is 0 Å². The number of aromatic carboxylic acids is 1. The maximum Gasteiger partial charge on any atom is 0.337 e. The van der Waals surface area contributed by atoms with Gasteiger partial charge in [0.2, 0.25) is 0 Å². The van der Waals surface area contributed by atoms with Gasteiger partial charge in [-0.3, -0.25) is 0 Å². The fourth-order valence-electron chi connectivity index (χ4n) is 1.90. The Morgan fingerprint density at radius 3 is 2.76 bits per heavy atom. The summed E-state index contributed by atoms with van der Waals surface area (Å²) in [6.07, 6.45) is 1.38. The van der Waals surface area contributed by atoms with Crippen LogP contribution in [0.25, 0.3) is 11.2 Å². The van der Waals surface area contributed by atoms with E-state index in [0.717, 1.165) is 18.0 Å². The van der Waals surface area contributed by atoms with Crippen LogP contribution in [0.4, 0.5) is 0 Å². The van der Waals surface area contributed by atoms with Crippen molar-refractivity contribution in [2.75, 3.05) is 0 Å². The molecule has 0 spiro atoms. The molecule has 5 nitrogen and oxygen atoms in total. The van der Waals surface area contributed by atoms with Gasteiger partial charge in [-0.1, -0.05) is 13.8 Å². The first-order valence-electron chi connectivity index (χ1n) is 5.64. The van der Waals surface area contributed by atoms with Crippen molar-refractivity contribution in [3.63, 3.8) is 0 Å². The second kappa shape index (κ2) is 4.16. The molecular formula is C12H15N3O2. The number of hydrogen-bond acceptors (Lipinski definition) is 3. The minimum atomic E-state index is -0.975. The van der Waals surface area contributed by atoms with Crippen LogP contribution in [-0.4, -0.2) is 25.6 Å². The van der Waals surface area contributed by atoms with Crippen molar-refractivity contribution < 1.29 is 9.90 Å². The molecule has 2 heterocycles. The van der Waals surface area contributed by atoms with E-state index in [9.17, 15) is 4.79 Å². The summed E-state index contributed by atoms with van der Waals surface area (Å²) in [5.74, 6) is 0.256. The third-order valence-corrected chi connectivity index (χ3v) is 2.69. The van der Waals surface area contributed by atoms with Gasteiger partial charge in [-0.25, -0.2) is 14.8 Å². The molecule has 2 rings (SSSR count). The number of fused-ring (bicyclic) bond motifs is 1. The van der Waals surface area contributed by atoms with Crippen molar-refractivity contribution in [1.82, 2.24) is 14.5 Å². The highest BCUT2D eigenvalue weighted by atomic mass is 16.4. The number of rotatable bonds is 3. The summed E-state index contributed by atoms with van der Waals surface area (Å²) in [6.45, 7) is 6.93. The maximum atomic E-state index is 10.9. The molecule has 0 saturated heterocycles. The van der Waals surface area contributed by atoms with Gasteiger partial charge in [-0.2, -0.15) is 0 Å². The van der Waals surface area contributed by atoms with E-state index in [4.69, 9.17) is 5.11 Å². The number of hydrogen-bond donors (Lipinski definition) is 1. The minimum Gasteiger partial charge on any atom is -0.478 e. The Labute approximate surface area is 99.1 Å². The zero-order valence-corrected chi connectivity index (χ0v) is 10.1. The van der Waals surface area contributed by atoms with Crippen LogP contribution in [0.1, 0.15) is 42.9 Å². The van der Waals surface area contributed by atoms with E-state index in [1.165, 1.54) is 6.20 Å². The third kappa shape index (κ3) is 1.88. The van der Waals surface area contributed by atoms with Crippen LogP contribution in [0, 0.1) is 0 Å².